The molecule has 0 aliphatic heterocycles. The number of nitro groups is 1. The number of nitro benzene ring substituents is 1. The number of hydrogen-bond acceptors (Lipinski definition) is 5. The topological polar surface area (TPSA) is 98.5 Å². The van der Waals surface area contributed by atoms with E-state index < -0.39 is 34.8 Å². The van der Waals surface area contributed by atoms with Crippen LogP contribution in [0, 0.1) is 15.9 Å². The number of benzene rings is 2. The molecule has 0 aromatic heterocycles. The molecule has 0 unspecified atom stereocenters. The third-order valence-corrected chi connectivity index (χ3v) is 3.48. The van der Waals surface area contributed by atoms with Crippen molar-refractivity contribution in [1.82, 2.24) is 0 Å². The molecular formula is C15H9Cl2FN2O5. The van der Waals surface area contributed by atoms with Crippen LogP contribution < -0.4 is 5.32 Å². The van der Waals surface area contributed by atoms with Crippen LogP contribution in [0.5, 0.6) is 0 Å². The van der Waals surface area contributed by atoms with Crippen molar-refractivity contribution in [2.75, 3.05) is 11.9 Å². The van der Waals surface area contributed by atoms with E-state index in [2.05, 4.69) is 10.1 Å². The number of carbonyl (C=O) groups excluding carboxylic acids is 2. The van der Waals surface area contributed by atoms with Crippen molar-refractivity contribution in [3.8, 4) is 0 Å². The second kappa shape index (κ2) is 7.91. The normalized spacial score (nSPS) is 10.2. The predicted molar refractivity (Wildman–Crippen MR) is 88.4 cm³/mol. The molecule has 2 aromatic rings. The standard InChI is InChI=1S/C15H9Cl2FN2O5/c16-8-1-4-12(18)10(5-8)15(22)25-7-14(21)19-13-6-9(20(23)24)2-3-11(13)17/h1-6H,7H2,(H,19,21). The van der Waals surface area contributed by atoms with Gasteiger partial charge in [-0.05, 0) is 24.3 Å². The maximum Gasteiger partial charge on any atom is 0.341 e. The molecule has 1 N–H and O–H groups in total. The fraction of sp³-hybridized carbons (Fsp3) is 0.0667. The number of amides is 1. The molecule has 7 nitrogen and oxygen atoms in total. The lowest BCUT2D eigenvalue weighted by atomic mass is 10.2. The fourth-order valence-electron chi connectivity index (χ4n) is 1.77. The van der Waals surface area contributed by atoms with E-state index in [1.165, 1.54) is 18.2 Å². The molecule has 0 heterocycles. The first-order chi connectivity index (χ1) is 11.8. The Balaban J connectivity index is 2.01. The number of non-ortho nitro benzene ring substituents is 1. The largest absolute Gasteiger partial charge is 0.452 e. The summed E-state index contributed by atoms with van der Waals surface area (Å²) in [5.74, 6) is -2.74. The molecule has 25 heavy (non-hydrogen) atoms. The minimum absolute atomic E-state index is 0.0224. The van der Waals surface area contributed by atoms with Gasteiger partial charge in [0.25, 0.3) is 11.6 Å². The van der Waals surface area contributed by atoms with Gasteiger partial charge in [-0.15, -0.1) is 0 Å². The number of nitrogens with zero attached hydrogens (tertiary/aromatic N) is 1. The number of hydrogen-bond donors (Lipinski definition) is 1. The van der Waals surface area contributed by atoms with Crippen LogP contribution in [0.2, 0.25) is 10.0 Å². The summed E-state index contributed by atoms with van der Waals surface area (Å²) < 4.78 is 18.2. The first-order valence-corrected chi connectivity index (χ1v) is 7.39. The molecule has 2 aromatic carbocycles. The van der Waals surface area contributed by atoms with Crippen molar-refractivity contribution in [2.24, 2.45) is 0 Å². The molecule has 130 valence electrons. The van der Waals surface area contributed by atoms with Gasteiger partial charge in [0.2, 0.25) is 0 Å². The van der Waals surface area contributed by atoms with Crippen molar-refractivity contribution in [3.63, 3.8) is 0 Å². The predicted octanol–water partition coefficient (Wildman–Crippen LogP) is 3.84. The number of nitrogens with one attached hydrogen (secondary N) is 1. The average Bonchev–Trinajstić information content (AvgIpc) is 2.56. The average molecular weight is 387 g/mol. The van der Waals surface area contributed by atoms with Crippen LogP contribution in [-0.4, -0.2) is 23.4 Å². The van der Waals surface area contributed by atoms with E-state index in [4.69, 9.17) is 23.2 Å². The van der Waals surface area contributed by atoms with Crippen molar-refractivity contribution >= 4 is 46.5 Å². The summed E-state index contributed by atoms with van der Waals surface area (Å²) >= 11 is 11.5. The van der Waals surface area contributed by atoms with E-state index in [0.717, 1.165) is 18.2 Å². The van der Waals surface area contributed by atoms with Gasteiger partial charge in [-0.1, -0.05) is 23.2 Å². The third-order valence-electron chi connectivity index (χ3n) is 2.92. The third kappa shape index (κ3) is 4.88. The molecule has 0 radical (unpaired) electrons. The second-order valence-electron chi connectivity index (χ2n) is 4.67. The quantitative estimate of drug-likeness (QED) is 0.478. The Bertz CT molecular complexity index is 860. The van der Waals surface area contributed by atoms with E-state index in [1.807, 2.05) is 0 Å². The van der Waals surface area contributed by atoms with Gasteiger partial charge in [-0.2, -0.15) is 0 Å². The Kier molecular flexibility index (Phi) is 5.89. The molecule has 0 saturated carbocycles. The van der Waals surface area contributed by atoms with Crippen LogP contribution in [0.1, 0.15) is 10.4 Å². The van der Waals surface area contributed by atoms with Gasteiger partial charge in [-0.25, -0.2) is 9.18 Å². The summed E-state index contributed by atoms with van der Waals surface area (Å²) in [6.45, 7) is -0.746. The molecule has 0 saturated heterocycles. The Morgan fingerprint density at radius 1 is 1.20 bits per heavy atom. The first kappa shape index (κ1) is 18.6. The number of esters is 1. The monoisotopic (exact) mass is 386 g/mol. The summed E-state index contributed by atoms with van der Waals surface area (Å²) in [5, 5.41) is 13.2. The molecule has 0 atom stereocenters. The number of anilines is 1. The van der Waals surface area contributed by atoms with Crippen molar-refractivity contribution < 1.29 is 23.6 Å². The molecule has 2 rings (SSSR count). The van der Waals surface area contributed by atoms with Crippen LogP contribution in [-0.2, 0) is 9.53 Å². The van der Waals surface area contributed by atoms with E-state index in [-0.39, 0.29) is 21.4 Å². The Morgan fingerprint density at radius 2 is 1.92 bits per heavy atom. The maximum absolute atomic E-state index is 13.5. The smallest absolute Gasteiger partial charge is 0.341 e. The van der Waals surface area contributed by atoms with Gasteiger partial charge in [0, 0.05) is 17.2 Å². The van der Waals surface area contributed by atoms with Crippen LogP contribution in [0.3, 0.4) is 0 Å². The first-order valence-electron chi connectivity index (χ1n) is 6.64. The number of halogens is 3. The van der Waals surface area contributed by atoms with Crippen LogP contribution in [0.4, 0.5) is 15.8 Å². The van der Waals surface area contributed by atoms with Gasteiger partial charge < -0.3 is 10.1 Å². The summed E-state index contributed by atoms with van der Waals surface area (Å²) in [6.07, 6.45) is 0. The SMILES string of the molecule is O=C(COC(=O)c1cc(Cl)ccc1F)Nc1cc([N+](=O)[O-])ccc1Cl. The van der Waals surface area contributed by atoms with E-state index in [9.17, 15) is 24.1 Å². The van der Waals surface area contributed by atoms with Gasteiger partial charge in [0.15, 0.2) is 6.61 Å². The number of rotatable bonds is 5. The highest BCUT2D eigenvalue weighted by Gasteiger charge is 2.17. The molecule has 0 spiro atoms. The Morgan fingerprint density at radius 3 is 2.60 bits per heavy atom. The van der Waals surface area contributed by atoms with Crippen molar-refractivity contribution in [1.29, 1.82) is 0 Å². The molecular weight excluding hydrogens is 378 g/mol. The fourth-order valence-corrected chi connectivity index (χ4v) is 2.11. The molecule has 0 aliphatic rings. The Labute approximate surface area is 150 Å². The lowest BCUT2D eigenvalue weighted by Crippen LogP contribution is -2.21. The second-order valence-corrected chi connectivity index (χ2v) is 5.51. The molecule has 10 heteroatoms. The van der Waals surface area contributed by atoms with Crippen LogP contribution >= 0.6 is 23.2 Å². The van der Waals surface area contributed by atoms with Crippen molar-refractivity contribution in [2.45, 2.75) is 0 Å². The highest BCUT2D eigenvalue weighted by Crippen LogP contribution is 2.26. The summed E-state index contributed by atoms with van der Waals surface area (Å²) in [6, 6.07) is 6.77. The van der Waals surface area contributed by atoms with Crippen LogP contribution in [0.25, 0.3) is 0 Å². The zero-order chi connectivity index (χ0) is 18.6. The van der Waals surface area contributed by atoms with Crippen LogP contribution in [0.15, 0.2) is 36.4 Å². The maximum atomic E-state index is 13.5. The molecule has 0 fully saturated rings. The lowest BCUT2D eigenvalue weighted by Gasteiger charge is -2.08. The zero-order valence-corrected chi connectivity index (χ0v) is 13.8. The van der Waals surface area contributed by atoms with Gasteiger partial charge in [0.05, 0.1) is 21.2 Å². The summed E-state index contributed by atoms with van der Waals surface area (Å²) in [7, 11) is 0. The molecule has 0 aliphatic carbocycles. The summed E-state index contributed by atoms with van der Waals surface area (Å²) in [4.78, 5) is 33.6. The highest BCUT2D eigenvalue weighted by molar-refractivity contribution is 6.33. The lowest BCUT2D eigenvalue weighted by molar-refractivity contribution is -0.384. The minimum Gasteiger partial charge on any atom is -0.452 e. The summed E-state index contributed by atoms with van der Waals surface area (Å²) in [5.41, 5.74) is -0.725. The van der Waals surface area contributed by atoms with Gasteiger partial charge in [-0.3, -0.25) is 14.9 Å². The van der Waals surface area contributed by atoms with E-state index in [0.29, 0.717) is 0 Å². The van der Waals surface area contributed by atoms with Gasteiger partial charge in [0.1, 0.15) is 5.82 Å². The minimum atomic E-state index is -1.08. The number of carbonyl (C=O) groups is 2. The zero-order valence-electron chi connectivity index (χ0n) is 12.3. The van der Waals surface area contributed by atoms with E-state index in [1.54, 1.807) is 0 Å². The number of ether oxygens (including phenoxy) is 1. The van der Waals surface area contributed by atoms with E-state index >= 15 is 0 Å². The van der Waals surface area contributed by atoms with Gasteiger partial charge >= 0.3 is 5.97 Å². The Hall–Kier alpha value is -2.71. The molecule has 1 amide bonds. The molecule has 0 bridgehead atoms. The van der Waals surface area contributed by atoms with Crippen molar-refractivity contribution in [3.05, 3.63) is 67.9 Å². The highest BCUT2D eigenvalue weighted by atomic mass is 35.5.